The molecule has 3 aromatic carbocycles. The molecule has 0 amide bonds. The third-order valence-corrected chi connectivity index (χ3v) is 5.10. The second kappa shape index (κ2) is 9.95. The molecule has 0 aromatic heterocycles. The predicted molar refractivity (Wildman–Crippen MR) is 113 cm³/mol. The summed E-state index contributed by atoms with van der Waals surface area (Å²) in [6, 6.07) is 21.5. The molecule has 2 atom stereocenters. The summed E-state index contributed by atoms with van der Waals surface area (Å²) in [4.78, 5) is 0. The number of nitrogens with one attached hydrogen (secondary N) is 1. The third kappa shape index (κ3) is 5.28. The standard InChI is InChI=1S/C22H23NO5S/c1-25-17-11-9-16(10-12-17)22(20-14-13-19(26-2)15-21(20)27-3)23-29(24)28-18-7-5-4-6-8-18/h4-15,22-23H,1-3H3. The molecule has 1 N–H and O–H groups in total. The summed E-state index contributed by atoms with van der Waals surface area (Å²) >= 11 is -1.79. The van der Waals surface area contributed by atoms with Gasteiger partial charge in [0, 0.05) is 11.6 Å². The second-order valence-electron chi connectivity index (χ2n) is 6.06. The first-order valence-corrected chi connectivity index (χ1v) is 9.99. The molecule has 0 radical (unpaired) electrons. The Morgan fingerprint density at radius 3 is 2.03 bits per heavy atom. The Hall–Kier alpha value is -3.03. The summed E-state index contributed by atoms with van der Waals surface area (Å²) in [7, 11) is 4.79. The van der Waals surface area contributed by atoms with Crippen molar-refractivity contribution in [3.05, 3.63) is 83.9 Å². The van der Waals surface area contributed by atoms with E-state index in [4.69, 9.17) is 18.4 Å². The van der Waals surface area contributed by atoms with Crippen molar-refractivity contribution in [2.45, 2.75) is 6.04 Å². The van der Waals surface area contributed by atoms with Crippen molar-refractivity contribution >= 4 is 11.3 Å². The van der Waals surface area contributed by atoms with Crippen molar-refractivity contribution in [1.82, 2.24) is 4.72 Å². The summed E-state index contributed by atoms with van der Waals surface area (Å²) in [5.41, 5.74) is 1.67. The number of hydrogen-bond donors (Lipinski definition) is 1. The molecule has 0 fully saturated rings. The SMILES string of the molecule is COc1ccc(C(NS(=O)Oc2ccccc2)c2ccc(OC)cc2OC)cc1. The van der Waals surface area contributed by atoms with E-state index in [1.807, 2.05) is 54.6 Å². The minimum Gasteiger partial charge on any atom is -0.497 e. The number of rotatable bonds is 9. The van der Waals surface area contributed by atoms with E-state index in [0.29, 0.717) is 17.2 Å². The Balaban J connectivity index is 1.94. The fourth-order valence-corrected chi connectivity index (χ4v) is 3.64. The van der Waals surface area contributed by atoms with Gasteiger partial charge in [-0.1, -0.05) is 30.3 Å². The largest absolute Gasteiger partial charge is 0.497 e. The zero-order valence-corrected chi connectivity index (χ0v) is 17.3. The van der Waals surface area contributed by atoms with Gasteiger partial charge in [-0.05, 0) is 42.0 Å². The predicted octanol–water partition coefficient (Wildman–Crippen LogP) is 4.05. The topological polar surface area (TPSA) is 66.0 Å². The Labute approximate surface area is 173 Å². The molecule has 0 aliphatic heterocycles. The monoisotopic (exact) mass is 413 g/mol. The Kier molecular flexibility index (Phi) is 7.10. The van der Waals surface area contributed by atoms with E-state index in [0.717, 1.165) is 16.9 Å². The van der Waals surface area contributed by atoms with Crippen molar-refractivity contribution in [2.24, 2.45) is 0 Å². The van der Waals surface area contributed by atoms with Crippen molar-refractivity contribution in [3.63, 3.8) is 0 Å². The Morgan fingerprint density at radius 2 is 1.41 bits per heavy atom. The number of ether oxygens (including phenoxy) is 3. The van der Waals surface area contributed by atoms with Crippen molar-refractivity contribution in [3.8, 4) is 23.0 Å². The zero-order valence-electron chi connectivity index (χ0n) is 16.5. The molecule has 152 valence electrons. The highest BCUT2D eigenvalue weighted by molar-refractivity contribution is 7.78. The lowest BCUT2D eigenvalue weighted by atomic mass is 9.98. The maximum atomic E-state index is 12.7. The van der Waals surface area contributed by atoms with Crippen LogP contribution in [-0.2, 0) is 11.3 Å². The van der Waals surface area contributed by atoms with Gasteiger partial charge in [-0.25, -0.2) is 0 Å². The first-order valence-electron chi connectivity index (χ1n) is 8.91. The van der Waals surface area contributed by atoms with Gasteiger partial charge in [0.25, 0.3) is 11.3 Å². The lowest BCUT2D eigenvalue weighted by molar-refractivity contribution is 0.389. The van der Waals surface area contributed by atoms with Crippen molar-refractivity contribution < 1.29 is 22.6 Å². The summed E-state index contributed by atoms with van der Waals surface area (Å²) in [5.74, 6) is 2.51. The molecule has 3 rings (SSSR count). The van der Waals surface area contributed by atoms with Crippen LogP contribution in [0.3, 0.4) is 0 Å². The highest BCUT2D eigenvalue weighted by Gasteiger charge is 2.22. The van der Waals surface area contributed by atoms with Gasteiger partial charge in [0.15, 0.2) is 0 Å². The quantitative estimate of drug-likeness (QED) is 0.573. The van der Waals surface area contributed by atoms with Gasteiger partial charge in [-0.2, -0.15) is 8.93 Å². The van der Waals surface area contributed by atoms with Crippen LogP contribution in [0.5, 0.6) is 23.0 Å². The zero-order chi connectivity index (χ0) is 20.6. The van der Waals surface area contributed by atoms with Gasteiger partial charge < -0.3 is 18.4 Å². The van der Waals surface area contributed by atoms with Crippen LogP contribution >= 0.6 is 0 Å². The molecule has 7 heteroatoms. The third-order valence-electron chi connectivity index (χ3n) is 4.33. The van der Waals surface area contributed by atoms with Gasteiger partial charge >= 0.3 is 0 Å². The lowest BCUT2D eigenvalue weighted by Crippen LogP contribution is -2.28. The van der Waals surface area contributed by atoms with Crippen molar-refractivity contribution in [1.29, 1.82) is 0 Å². The molecule has 0 saturated carbocycles. The normalized spacial score (nSPS) is 12.7. The van der Waals surface area contributed by atoms with Crippen LogP contribution in [0.4, 0.5) is 0 Å². The minimum absolute atomic E-state index is 0.452. The van der Waals surface area contributed by atoms with Crippen LogP contribution in [0, 0.1) is 0 Å². The highest BCUT2D eigenvalue weighted by Crippen LogP contribution is 2.34. The van der Waals surface area contributed by atoms with Crippen LogP contribution in [0.2, 0.25) is 0 Å². The van der Waals surface area contributed by atoms with Gasteiger partial charge in [-0.3, -0.25) is 0 Å². The summed E-state index contributed by atoms with van der Waals surface area (Å²) < 4.78 is 37.3. The molecule has 0 saturated heterocycles. The van der Waals surface area contributed by atoms with E-state index in [2.05, 4.69) is 4.72 Å². The molecule has 0 bridgehead atoms. The summed E-state index contributed by atoms with van der Waals surface area (Å²) in [6.07, 6.45) is 0. The molecular weight excluding hydrogens is 390 g/mol. The number of para-hydroxylation sites is 1. The smallest absolute Gasteiger partial charge is 0.288 e. The second-order valence-corrected chi connectivity index (χ2v) is 6.93. The first kappa shape index (κ1) is 20.7. The number of hydrogen-bond acceptors (Lipinski definition) is 5. The molecule has 0 spiro atoms. The summed E-state index contributed by atoms with van der Waals surface area (Å²) in [6.45, 7) is 0. The molecule has 29 heavy (non-hydrogen) atoms. The van der Waals surface area contributed by atoms with Crippen molar-refractivity contribution in [2.75, 3.05) is 21.3 Å². The molecule has 2 unspecified atom stereocenters. The molecule has 0 aliphatic rings. The van der Waals surface area contributed by atoms with Crippen LogP contribution in [0.25, 0.3) is 0 Å². The minimum atomic E-state index is -1.79. The van der Waals surface area contributed by atoms with E-state index >= 15 is 0 Å². The number of methoxy groups -OCH3 is 3. The molecule has 0 aliphatic carbocycles. The fraction of sp³-hybridized carbons (Fsp3) is 0.182. The van der Waals surface area contributed by atoms with Crippen LogP contribution < -0.4 is 23.1 Å². The van der Waals surface area contributed by atoms with Crippen LogP contribution in [0.1, 0.15) is 17.2 Å². The molecular formula is C22H23NO5S. The van der Waals surface area contributed by atoms with E-state index in [1.54, 1.807) is 39.5 Å². The van der Waals surface area contributed by atoms with Gasteiger partial charge in [0.1, 0.15) is 23.0 Å². The van der Waals surface area contributed by atoms with E-state index in [9.17, 15) is 4.21 Å². The number of benzene rings is 3. The van der Waals surface area contributed by atoms with E-state index in [-0.39, 0.29) is 0 Å². The maximum Gasteiger partial charge on any atom is 0.288 e. The first-order chi connectivity index (χ1) is 14.1. The van der Waals surface area contributed by atoms with Crippen LogP contribution in [0.15, 0.2) is 72.8 Å². The van der Waals surface area contributed by atoms with Gasteiger partial charge in [-0.15, -0.1) is 0 Å². The molecule has 6 nitrogen and oxygen atoms in total. The molecule has 3 aromatic rings. The van der Waals surface area contributed by atoms with Gasteiger partial charge in [0.05, 0.1) is 27.4 Å². The summed E-state index contributed by atoms with van der Waals surface area (Å²) in [5, 5.41) is 0. The van der Waals surface area contributed by atoms with Gasteiger partial charge in [0.2, 0.25) is 0 Å². The highest BCUT2D eigenvalue weighted by atomic mass is 32.2. The molecule has 0 heterocycles. The maximum absolute atomic E-state index is 12.7. The van der Waals surface area contributed by atoms with Crippen LogP contribution in [-0.4, -0.2) is 25.5 Å². The Morgan fingerprint density at radius 1 is 0.759 bits per heavy atom. The lowest BCUT2D eigenvalue weighted by Gasteiger charge is -2.21. The van der Waals surface area contributed by atoms with E-state index in [1.165, 1.54) is 0 Å². The average Bonchev–Trinajstić information content (AvgIpc) is 2.78. The average molecular weight is 413 g/mol. The Bertz CT molecular complexity index is 947. The van der Waals surface area contributed by atoms with E-state index < -0.39 is 17.3 Å². The fourth-order valence-electron chi connectivity index (χ4n) is 2.85.